The monoisotopic (exact) mass is 388 g/mol. The topological polar surface area (TPSA) is 75.7 Å². The van der Waals surface area contributed by atoms with Crippen LogP contribution in [-0.4, -0.2) is 30.4 Å². The number of hydrogen-bond acceptors (Lipinski definition) is 6. The number of nitrogens with one attached hydrogen (secondary N) is 1. The molecule has 2 aliphatic rings. The Kier molecular flexibility index (Phi) is 4.12. The second-order valence-corrected chi connectivity index (χ2v) is 7.78. The summed E-state index contributed by atoms with van der Waals surface area (Å²) in [6.45, 7) is 1.56. The largest absolute Gasteiger partial charge is 0.468 e. The van der Waals surface area contributed by atoms with Gasteiger partial charge in [-0.3, -0.25) is 19.7 Å². The summed E-state index contributed by atoms with van der Waals surface area (Å²) in [7, 11) is 1.23. The Morgan fingerprint density at radius 1 is 1.22 bits per heavy atom. The van der Waals surface area contributed by atoms with Gasteiger partial charge in [-0.2, -0.15) is 0 Å². The Morgan fingerprint density at radius 2 is 1.96 bits per heavy atom. The maximum atomic E-state index is 14.3. The second kappa shape index (κ2) is 6.24. The van der Waals surface area contributed by atoms with E-state index in [-0.39, 0.29) is 5.69 Å². The third-order valence-corrected chi connectivity index (χ3v) is 6.30. The summed E-state index contributed by atoms with van der Waals surface area (Å²) in [6.07, 6.45) is 0. The number of esters is 1. The molecule has 1 aromatic heterocycles. The molecule has 2 fully saturated rings. The minimum absolute atomic E-state index is 0.0981. The summed E-state index contributed by atoms with van der Waals surface area (Å²) in [5.41, 5.74) is -1.49. The fourth-order valence-electron chi connectivity index (χ4n) is 4.12. The van der Waals surface area contributed by atoms with Crippen LogP contribution in [0.25, 0.3) is 0 Å². The predicted molar refractivity (Wildman–Crippen MR) is 96.5 cm³/mol. The van der Waals surface area contributed by atoms with E-state index in [2.05, 4.69) is 5.32 Å². The Bertz CT molecular complexity index is 932. The van der Waals surface area contributed by atoms with Gasteiger partial charge in [0, 0.05) is 4.88 Å². The number of methoxy groups -OCH3 is 1. The Morgan fingerprint density at radius 3 is 2.59 bits per heavy atom. The first-order valence-electron chi connectivity index (χ1n) is 8.42. The fraction of sp³-hybridized carbons (Fsp3) is 0.316. The van der Waals surface area contributed by atoms with Gasteiger partial charge in [0.25, 0.3) is 0 Å². The van der Waals surface area contributed by atoms with Crippen molar-refractivity contribution < 1.29 is 23.5 Å². The molecule has 0 aliphatic carbocycles. The quantitative estimate of drug-likeness (QED) is 0.645. The molecule has 6 nitrogen and oxygen atoms in total. The predicted octanol–water partition coefficient (Wildman–Crippen LogP) is 2.27. The normalized spacial score (nSPS) is 29.9. The van der Waals surface area contributed by atoms with E-state index in [0.29, 0.717) is 0 Å². The average molecular weight is 388 g/mol. The van der Waals surface area contributed by atoms with E-state index < -0.39 is 47.0 Å². The highest BCUT2D eigenvalue weighted by Gasteiger charge is 2.67. The Balaban J connectivity index is 1.84. The smallest absolute Gasteiger partial charge is 0.326 e. The van der Waals surface area contributed by atoms with Gasteiger partial charge < -0.3 is 4.74 Å². The molecule has 3 heterocycles. The average Bonchev–Trinajstić information content (AvgIpc) is 3.34. The van der Waals surface area contributed by atoms with Crippen molar-refractivity contribution in [3.05, 3.63) is 52.5 Å². The van der Waals surface area contributed by atoms with Crippen LogP contribution in [0.15, 0.2) is 41.8 Å². The molecule has 0 bridgehead atoms. The zero-order chi connectivity index (χ0) is 19.3. The van der Waals surface area contributed by atoms with Gasteiger partial charge in [-0.25, -0.2) is 9.29 Å². The molecule has 2 aliphatic heterocycles. The van der Waals surface area contributed by atoms with Gasteiger partial charge in [-0.05, 0) is 30.5 Å². The molecule has 4 atom stereocenters. The molecule has 0 unspecified atom stereocenters. The third-order valence-electron chi connectivity index (χ3n) is 5.34. The van der Waals surface area contributed by atoms with E-state index in [9.17, 15) is 18.8 Å². The van der Waals surface area contributed by atoms with Crippen LogP contribution < -0.4 is 10.2 Å². The van der Waals surface area contributed by atoms with Crippen molar-refractivity contribution >= 4 is 34.8 Å². The lowest BCUT2D eigenvalue weighted by molar-refractivity contribution is -0.151. The van der Waals surface area contributed by atoms with Crippen LogP contribution in [-0.2, 0) is 19.1 Å². The van der Waals surface area contributed by atoms with E-state index in [1.54, 1.807) is 13.0 Å². The first kappa shape index (κ1) is 17.8. The van der Waals surface area contributed by atoms with Crippen molar-refractivity contribution in [3.8, 4) is 0 Å². The number of thiophene rings is 1. The molecule has 0 saturated carbocycles. The van der Waals surface area contributed by atoms with Crippen LogP contribution in [0.2, 0.25) is 0 Å². The maximum absolute atomic E-state index is 14.3. The lowest BCUT2D eigenvalue weighted by Crippen LogP contribution is -2.54. The van der Waals surface area contributed by atoms with Crippen molar-refractivity contribution in [1.29, 1.82) is 0 Å². The number of anilines is 1. The zero-order valence-corrected chi connectivity index (χ0v) is 15.5. The number of nitrogens with zero attached hydrogens (tertiary/aromatic N) is 1. The number of fused-ring (bicyclic) bond motifs is 1. The molecule has 2 amide bonds. The highest BCUT2D eigenvalue weighted by atomic mass is 32.1. The van der Waals surface area contributed by atoms with Crippen LogP contribution in [0.4, 0.5) is 10.1 Å². The standard InChI is InChI=1S/C19H17FN2O4S/c1-19(18(25)26-2)14-13(15(21-19)12-8-5-9-27-12)16(23)22(17(14)24)11-7-4-3-6-10(11)20/h3-9,13-15,21H,1-2H3/t13-,14+,15-,19-/m0/s1. The SMILES string of the molecule is COC(=O)[C@@]1(C)N[C@@H](c2cccs2)[C@H]2C(=O)N(c3ccccc3F)C(=O)[C@@H]21. The summed E-state index contributed by atoms with van der Waals surface area (Å²) in [6, 6.07) is 8.76. The molecular weight excluding hydrogens is 371 g/mol. The summed E-state index contributed by atoms with van der Waals surface area (Å²) >= 11 is 1.42. The van der Waals surface area contributed by atoms with Gasteiger partial charge in [-0.15, -0.1) is 11.3 Å². The molecule has 0 radical (unpaired) electrons. The van der Waals surface area contributed by atoms with Crippen LogP contribution in [0.1, 0.15) is 17.8 Å². The number of carbonyl (C=O) groups is 3. The van der Waals surface area contributed by atoms with Gasteiger partial charge in [0.2, 0.25) is 11.8 Å². The van der Waals surface area contributed by atoms with Crippen molar-refractivity contribution in [2.75, 3.05) is 12.0 Å². The highest BCUT2D eigenvalue weighted by molar-refractivity contribution is 7.10. The number of rotatable bonds is 3. The number of amides is 2. The summed E-state index contributed by atoms with van der Waals surface area (Å²) in [4.78, 5) is 40.6. The van der Waals surface area contributed by atoms with Gasteiger partial charge in [0.15, 0.2) is 0 Å². The molecule has 1 aromatic carbocycles. The first-order valence-corrected chi connectivity index (χ1v) is 9.30. The third kappa shape index (κ3) is 2.44. The highest BCUT2D eigenvalue weighted by Crippen LogP contribution is 2.50. The molecule has 140 valence electrons. The lowest BCUT2D eigenvalue weighted by Gasteiger charge is -2.28. The molecule has 2 aromatic rings. The van der Waals surface area contributed by atoms with E-state index in [0.717, 1.165) is 9.78 Å². The maximum Gasteiger partial charge on any atom is 0.326 e. The number of ether oxygens (including phenoxy) is 1. The second-order valence-electron chi connectivity index (χ2n) is 6.80. The van der Waals surface area contributed by atoms with Crippen molar-refractivity contribution in [1.82, 2.24) is 5.32 Å². The summed E-state index contributed by atoms with van der Waals surface area (Å²) < 4.78 is 19.2. The van der Waals surface area contributed by atoms with Gasteiger partial charge >= 0.3 is 5.97 Å². The minimum atomic E-state index is -1.39. The van der Waals surface area contributed by atoms with Gasteiger partial charge in [0.1, 0.15) is 11.4 Å². The zero-order valence-electron chi connectivity index (χ0n) is 14.6. The lowest BCUT2D eigenvalue weighted by atomic mass is 9.81. The number of carbonyl (C=O) groups excluding carboxylic acids is 3. The number of para-hydroxylation sites is 1. The molecule has 27 heavy (non-hydrogen) atoms. The Hall–Kier alpha value is -2.58. The van der Waals surface area contributed by atoms with Crippen molar-refractivity contribution in [3.63, 3.8) is 0 Å². The van der Waals surface area contributed by atoms with Crippen LogP contribution in [0.5, 0.6) is 0 Å². The Labute approximate surface area is 158 Å². The van der Waals surface area contributed by atoms with E-state index in [4.69, 9.17) is 4.74 Å². The molecular formula is C19H17FN2O4S. The number of hydrogen-bond donors (Lipinski definition) is 1. The fourth-order valence-corrected chi connectivity index (χ4v) is 4.94. The number of benzene rings is 1. The van der Waals surface area contributed by atoms with E-state index in [1.165, 1.54) is 36.6 Å². The van der Waals surface area contributed by atoms with Crippen molar-refractivity contribution in [2.24, 2.45) is 11.8 Å². The first-order chi connectivity index (χ1) is 12.9. The molecule has 4 rings (SSSR count). The number of halogens is 1. The molecule has 1 N–H and O–H groups in total. The molecule has 2 saturated heterocycles. The summed E-state index contributed by atoms with van der Waals surface area (Å²) in [5.74, 6) is -4.22. The van der Waals surface area contributed by atoms with E-state index >= 15 is 0 Å². The molecule has 8 heteroatoms. The summed E-state index contributed by atoms with van der Waals surface area (Å²) in [5, 5.41) is 5.00. The van der Waals surface area contributed by atoms with Crippen LogP contribution >= 0.6 is 11.3 Å². The van der Waals surface area contributed by atoms with Crippen molar-refractivity contribution in [2.45, 2.75) is 18.5 Å². The van der Waals surface area contributed by atoms with Crippen LogP contribution in [0, 0.1) is 17.7 Å². The minimum Gasteiger partial charge on any atom is -0.468 e. The number of imide groups is 1. The van der Waals surface area contributed by atoms with Crippen LogP contribution in [0.3, 0.4) is 0 Å². The molecule has 0 spiro atoms. The van der Waals surface area contributed by atoms with Gasteiger partial charge in [0.05, 0.1) is 30.7 Å². The van der Waals surface area contributed by atoms with Gasteiger partial charge in [-0.1, -0.05) is 18.2 Å². The van der Waals surface area contributed by atoms with E-state index in [1.807, 2.05) is 17.5 Å².